The molecule has 1 aliphatic heterocycles. The van der Waals surface area contributed by atoms with Crippen LogP contribution in [0.25, 0.3) is 0 Å². The number of fused-ring (bicyclic) bond motifs is 1. The Bertz CT molecular complexity index is 623. The zero-order valence-corrected chi connectivity index (χ0v) is 10.5. The molecule has 1 aliphatic rings. The number of Topliss-reactive ketones (excluding diaryl/α,β-unsaturated/α-hetero) is 1. The fraction of sp³-hybridized carbons (Fsp3) is 0.231. The third kappa shape index (κ3) is 1.90. The van der Waals surface area contributed by atoms with Crippen molar-refractivity contribution >= 4 is 17.1 Å². The summed E-state index contributed by atoms with van der Waals surface area (Å²) < 4.78 is 18.8. The highest BCUT2D eigenvalue weighted by atomic mass is 32.1. The molecule has 0 amide bonds. The fourth-order valence-corrected chi connectivity index (χ4v) is 2.78. The molecule has 0 saturated heterocycles. The Balaban J connectivity index is 1.96. The lowest BCUT2D eigenvalue weighted by molar-refractivity contribution is 0.0848. The summed E-state index contributed by atoms with van der Waals surface area (Å²) in [6.45, 7) is 1.90. The minimum atomic E-state index is -0.422. The molecule has 1 aromatic carbocycles. The van der Waals surface area contributed by atoms with Gasteiger partial charge in [-0.05, 0) is 25.1 Å². The standard InChI is InChI=1S/C13H10FNO2S/c1-7-6-18-13(15-7)12-5-10(16)9-4-8(14)2-3-11(9)17-12/h2-4,6,12H,5H2,1H3. The maximum absolute atomic E-state index is 13.1. The van der Waals surface area contributed by atoms with E-state index in [0.717, 1.165) is 10.7 Å². The number of hydrogen-bond donors (Lipinski definition) is 0. The Morgan fingerprint density at radius 1 is 1.50 bits per heavy atom. The molecular weight excluding hydrogens is 253 g/mol. The Hall–Kier alpha value is -1.75. The summed E-state index contributed by atoms with van der Waals surface area (Å²) in [6.07, 6.45) is -0.141. The first-order valence-corrected chi connectivity index (χ1v) is 6.43. The van der Waals surface area contributed by atoms with Crippen LogP contribution in [0, 0.1) is 12.7 Å². The number of aromatic nitrogens is 1. The van der Waals surface area contributed by atoms with Gasteiger partial charge in [0.2, 0.25) is 0 Å². The molecule has 0 fully saturated rings. The fourth-order valence-electron chi connectivity index (χ4n) is 1.95. The van der Waals surface area contributed by atoms with E-state index in [4.69, 9.17) is 4.74 Å². The molecule has 18 heavy (non-hydrogen) atoms. The molecule has 0 saturated carbocycles. The molecule has 1 unspecified atom stereocenters. The second-order valence-corrected chi connectivity index (χ2v) is 5.09. The van der Waals surface area contributed by atoms with Gasteiger partial charge in [-0.2, -0.15) is 0 Å². The third-order valence-electron chi connectivity index (χ3n) is 2.79. The number of ether oxygens (including phenoxy) is 1. The summed E-state index contributed by atoms with van der Waals surface area (Å²) in [5.41, 5.74) is 1.23. The summed E-state index contributed by atoms with van der Waals surface area (Å²) in [4.78, 5) is 16.3. The van der Waals surface area contributed by atoms with Gasteiger partial charge in [0.1, 0.15) is 16.6 Å². The maximum Gasteiger partial charge on any atom is 0.170 e. The van der Waals surface area contributed by atoms with Gasteiger partial charge < -0.3 is 4.74 Å². The van der Waals surface area contributed by atoms with E-state index < -0.39 is 5.82 Å². The molecule has 0 spiro atoms. The van der Waals surface area contributed by atoms with E-state index in [0.29, 0.717) is 11.3 Å². The van der Waals surface area contributed by atoms with Crippen LogP contribution >= 0.6 is 11.3 Å². The predicted molar refractivity (Wildman–Crippen MR) is 65.6 cm³/mol. The molecule has 1 atom stereocenters. The van der Waals surface area contributed by atoms with Crippen LogP contribution in [0.1, 0.15) is 33.6 Å². The molecule has 0 bridgehead atoms. The van der Waals surface area contributed by atoms with Crippen molar-refractivity contribution in [3.05, 3.63) is 45.7 Å². The predicted octanol–water partition coefficient (Wildman–Crippen LogP) is 3.30. The molecule has 3 nitrogen and oxygen atoms in total. The summed E-state index contributed by atoms with van der Waals surface area (Å²) >= 11 is 1.47. The van der Waals surface area contributed by atoms with Crippen molar-refractivity contribution in [3.63, 3.8) is 0 Å². The molecule has 1 aromatic heterocycles. The number of ketones is 1. The van der Waals surface area contributed by atoms with Crippen molar-refractivity contribution in [2.75, 3.05) is 0 Å². The van der Waals surface area contributed by atoms with Gasteiger partial charge in [-0.25, -0.2) is 9.37 Å². The van der Waals surface area contributed by atoms with Crippen LogP contribution in [0.2, 0.25) is 0 Å². The van der Waals surface area contributed by atoms with Crippen LogP contribution in [0.4, 0.5) is 4.39 Å². The largest absolute Gasteiger partial charge is 0.482 e. The minimum absolute atomic E-state index is 0.103. The number of hydrogen-bond acceptors (Lipinski definition) is 4. The lowest BCUT2D eigenvalue weighted by Gasteiger charge is -2.23. The highest BCUT2D eigenvalue weighted by Gasteiger charge is 2.29. The van der Waals surface area contributed by atoms with Gasteiger partial charge in [0, 0.05) is 11.1 Å². The van der Waals surface area contributed by atoms with Crippen molar-refractivity contribution in [2.45, 2.75) is 19.4 Å². The number of thiazole rings is 1. The van der Waals surface area contributed by atoms with Gasteiger partial charge in [0.05, 0.1) is 12.0 Å². The molecule has 0 radical (unpaired) electrons. The number of rotatable bonds is 1. The average molecular weight is 263 g/mol. The van der Waals surface area contributed by atoms with Crippen molar-refractivity contribution < 1.29 is 13.9 Å². The second kappa shape index (κ2) is 4.17. The third-order valence-corrected chi connectivity index (χ3v) is 3.85. The van der Waals surface area contributed by atoms with Gasteiger partial charge in [-0.15, -0.1) is 11.3 Å². The van der Waals surface area contributed by atoms with Crippen LogP contribution in [0.15, 0.2) is 23.6 Å². The van der Waals surface area contributed by atoms with E-state index >= 15 is 0 Å². The number of carbonyl (C=O) groups is 1. The first-order chi connectivity index (χ1) is 8.63. The SMILES string of the molecule is Cc1csc(C2CC(=O)c3cc(F)ccc3O2)n1. The Labute approximate surface area is 107 Å². The second-order valence-electron chi connectivity index (χ2n) is 4.20. The van der Waals surface area contributed by atoms with Gasteiger partial charge in [-0.1, -0.05) is 0 Å². The molecule has 2 heterocycles. The van der Waals surface area contributed by atoms with Crippen molar-refractivity contribution in [1.29, 1.82) is 0 Å². The summed E-state index contributed by atoms with van der Waals surface area (Å²) in [5.74, 6) is -0.0895. The summed E-state index contributed by atoms with van der Waals surface area (Å²) in [5, 5.41) is 2.71. The number of halogens is 1. The smallest absolute Gasteiger partial charge is 0.170 e. The molecule has 92 valence electrons. The molecule has 0 N–H and O–H groups in total. The summed E-state index contributed by atoms with van der Waals surface area (Å²) in [6, 6.07) is 4.01. The van der Waals surface area contributed by atoms with E-state index in [1.165, 1.54) is 29.5 Å². The summed E-state index contributed by atoms with van der Waals surface area (Å²) in [7, 11) is 0. The van der Waals surface area contributed by atoms with Gasteiger partial charge in [-0.3, -0.25) is 4.79 Å². The average Bonchev–Trinajstić information content (AvgIpc) is 2.77. The van der Waals surface area contributed by atoms with Crippen molar-refractivity contribution in [3.8, 4) is 5.75 Å². The van der Waals surface area contributed by atoms with Crippen LogP contribution in [-0.4, -0.2) is 10.8 Å². The zero-order valence-electron chi connectivity index (χ0n) is 9.64. The first kappa shape index (κ1) is 11.3. The van der Waals surface area contributed by atoms with E-state index in [1.54, 1.807) is 0 Å². The van der Waals surface area contributed by atoms with Crippen molar-refractivity contribution in [2.24, 2.45) is 0 Å². The van der Waals surface area contributed by atoms with E-state index in [1.807, 2.05) is 12.3 Å². The first-order valence-electron chi connectivity index (χ1n) is 5.55. The monoisotopic (exact) mass is 263 g/mol. The Morgan fingerprint density at radius 3 is 3.06 bits per heavy atom. The number of aryl methyl sites for hydroxylation is 1. The molecule has 3 rings (SSSR count). The van der Waals surface area contributed by atoms with Crippen LogP contribution < -0.4 is 4.74 Å². The Morgan fingerprint density at radius 2 is 2.33 bits per heavy atom. The number of carbonyl (C=O) groups excluding carboxylic acids is 1. The van der Waals surface area contributed by atoms with Crippen LogP contribution in [-0.2, 0) is 0 Å². The van der Waals surface area contributed by atoms with E-state index in [2.05, 4.69) is 4.98 Å². The van der Waals surface area contributed by atoms with Crippen LogP contribution in [0.5, 0.6) is 5.75 Å². The zero-order chi connectivity index (χ0) is 12.7. The highest BCUT2D eigenvalue weighted by molar-refractivity contribution is 7.09. The van der Waals surface area contributed by atoms with E-state index in [9.17, 15) is 9.18 Å². The lowest BCUT2D eigenvalue weighted by Crippen LogP contribution is -2.20. The molecule has 2 aromatic rings. The van der Waals surface area contributed by atoms with Gasteiger partial charge >= 0.3 is 0 Å². The molecule has 0 aliphatic carbocycles. The quantitative estimate of drug-likeness (QED) is 0.792. The normalized spacial score (nSPS) is 18.3. The molecular formula is C13H10FNO2S. The number of benzene rings is 1. The number of nitrogens with zero attached hydrogens (tertiary/aromatic N) is 1. The van der Waals surface area contributed by atoms with Crippen molar-refractivity contribution in [1.82, 2.24) is 4.98 Å². The Kier molecular flexibility index (Phi) is 2.63. The molecule has 5 heteroatoms. The minimum Gasteiger partial charge on any atom is -0.482 e. The topological polar surface area (TPSA) is 39.2 Å². The lowest BCUT2D eigenvalue weighted by atomic mass is 10.0. The van der Waals surface area contributed by atoms with Gasteiger partial charge in [0.15, 0.2) is 11.9 Å². The maximum atomic E-state index is 13.1. The van der Waals surface area contributed by atoms with Gasteiger partial charge in [0.25, 0.3) is 0 Å². The van der Waals surface area contributed by atoms with E-state index in [-0.39, 0.29) is 18.3 Å². The highest BCUT2D eigenvalue weighted by Crippen LogP contribution is 2.36. The van der Waals surface area contributed by atoms with Crippen LogP contribution in [0.3, 0.4) is 0 Å².